The first kappa shape index (κ1) is 16.9. The van der Waals surface area contributed by atoms with Gasteiger partial charge in [-0.3, -0.25) is 19.1 Å². The molecule has 2 heterocycles. The lowest BCUT2D eigenvalue weighted by atomic mass is 10.1. The van der Waals surface area contributed by atoms with Gasteiger partial charge in [0.25, 0.3) is 0 Å². The fourth-order valence-corrected chi connectivity index (χ4v) is 3.01. The largest absolute Gasteiger partial charge is 0.438 e. The maximum atomic E-state index is 12.3. The number of carbonyl (C=O) groups is 2. The van der Waals surface area contributed by atoms with Crippen LogP contribution in [0.1, 0.15) is 30.8 Å². The average Bonchev–Trinajstić information content (AvgIpc) is 3.20. The summed E-state index contributed by atoms with van der Waals surface area (Å²) in [5, 5.41) is 6.31. The average molecular weight is 344 g/mol. The van der Waals surface area contributed by atoms with Gasteiger partial charge in [0, 0.05) is 25.9 Å². The molecule has 1 saturated heterocycles. The van der Waals surface area contributed by atoms with E-state index in [-0.39, 0.29) is 30.2 Å². The van der Waals surface area contributed by atoms with Gasteiger partial charge in [-0.25, -0.2) is 4.79 Å². The van der Waals surface area contributed by atoms with Crippen molar-refractivity contribution in [3.63, 3.8) is 0 Å². The Bertz CT molecular complexity index is 798. The number of aromatic amines is 1. The van der Waals surface area contributed by atoms with Gasteiger partial charge >= 0.3 is 5.76 Å². The molecule has 2 N–H and O–H groups in total. The summed E-state index contributed by atoms with van der Waals surface area (Å²) in [7, 11) is 0. The van der Waals surface area contributed by atoms with Gasteiger partial charge in [-0.05, 0) is 12.5 Å². The topological polar surface area (TPSA) is 108 Å². The molecular formula is C17H20N4O4. The van der Waals surface area contributed by atoms with Gasteiger partial charge in [-0.1, -0.05) is 35.5 Å². The van der Waals surface area contributed by atoms with Gasteiger partial charge in [0.1, 0.15) is 0 Å². The van der Waals surface area contributed by atoms with Crippen LogP contribution >= 0.6 is 0 Å². The first-order valence-electron chi connectivity index (χ1n) is 8.21. The summed E-state index contributed by atoms with van der Waals surface area (Å²) in [6.07, 6.45) is 0.575. The number of carbonyl (C=O) groups excluding carboxylic acids is 2. The molecule has 8 nitrogen and oxygen atoms in total. The molecule has 1 aliphatic rings. The number of nitrogens with zero attached hydrogens (tertiary/aromatic N) is 2. The highest BCUT2D eigenvalue weighted by molar-refractivity contribution is 5.89. The standard InChI is InChI=1S/C17H20N4O4/c1-11(12-5-3-2-4-6-12)21-10-13(9-15(21)22)16(23)18-8-7-14-19-17(24)25-20-14/h2-6,11,13H,7-10H2,1H3,(H,18,23)(H,19,20,24)/t11-,13-/m1/s1. The molecule has 1 aromatic heterocycles. The fraction of sp³-hybridized carbons (Fsp3) is 0.412. The van der Waals surface area contributed by atoms with Crippen LogP contribution in [0.4, 0.5) is 0 Å². The van der Waals surface area contributed by atoms with Crippen LogP contribution in [0.2, 0.25) is 0 Å². The Morgan fingerprint density at radius 2 is 2.16 bits per heavy atom. The van der Waals surface area contributed by atoms with Gasteiger partial charge in [-0.2, -0.15) is 0 Å². The SMILES string of the molecule is C[C@H](c1ccccc1)N1C[C@H](C(=O)NCCc2noc(=O)[nH]2)CC1=O. The second-order valence-corrected chi connectivity index (χ2v) is 6.12. The van der Waals surface area contributed by atoms with Crippen LogP contribution in [-0.2, 0) is 16.0 Å². The molecular weight excluding hydrogens is 324 g/mol. The van der Waals surface area contributed by atoms with Crippen LogP contribution in [0.15, 0.2) is 39.6 Å². The molecule has 0 bridgehead atoms. The molecule has 2 amide bonds. The van der Waals surface area contributed by atoms with Crippen molar-refractivity contribution in [2.75, 3.05) is 13.1 Å². The van der Waals surface area contributed by atoms with E-state index in [0.717, 1.165) is 5.56 Å². The number of hydrogen-bond donors (Lipinski definition) is 2. The van der Waals surface area contributed by atoms with E-state index < -0.39 is 5.76 Å². The number of aromatic nitrogens is 2. The third-order valence-corrected chi connectivity index (χ3v) is 4.42. The van der Waals surface area contributed by atoms with Gasteiger partial charge in [0.05, 0.1) is 12.0 Å². The molecule has 2 aromatic rings. The molecule has 25 heavy (non-hydrogen) atoms. The lowest BCUT2D eigenvalue weighted by Crippen LogP contribution is -2.34. The molecule has 8 heteroatoms. The van der Waals surface area contributed by atoms with Crippen molar-refractivity contribution in [3.05, 3.63) is 52.3 Å². The summed E-state index contributed by atoms with van der Waals surface area (Å²) in [5.41, 5.74) is 1.05. The fourth-order valence-electron chi connectivity index (χ4n) is 3.01. The highest BCUT2D eigenvalue weighted by atomic mass is 16.5. The number of amides is 2. The van der Waals surface area contributed by atoms with Crippen molar-refractivity contribution in [3.8, 4) is 0 Å². The smallest absolute Gasteiger partial charge is 0.355 e. The lowest BCUT2D eigenvalue weighted by molar-refractivity contribution is -0.130. The van der Waals surface area contributed by atoms with Crippen molar-refractivity contribution in [2.45, 2.75) is 25.8 Å². The zero-order valence-corrected chi connectivity index (χ0v) is 13.9. The number of nitrogens with one attached hydrogen (secondary N) is 2. The Balaban J connectivity index is 1.52. The Morgan fingerprint density at radius 1 is 1.40 bits per heavy atom. The molecule has 1 aliphatic heterocycles. The van der Waals surface area contributed by atoms with E-state index in [1.165, 1.54) is 0 Å². The third-order valence-electron chi connectivity index (χ3n) is 4.42. The van der Waals surface area contributed by atoms with Crippen molar-refractivity contribution in [1.82, 2.24) is 20.4 Å². The van der Waals surface area contributed by atoms with Crippen molar-refractivity contribution < 1.29 is 14.1 Å². The summed E-state index contributed by atoms with van der Waals surface area (Å²) in [5.74, 6) is -0.783. The molecule has 1 aromatic carbocycles. The second-order valence-electron chi connectivity index (χ2n) is 6.12. The van der Waals surface area contributed by atoms with Gasteiger partial charge in [-0.15, -0.1) is 0 Å². The van der Waals surface area contributed by atoms with E-state index in [4.69, 9.17) is 0 Å². The van der Waals surface area contributed by atoms with Crippen molar-refractivity contribution in [2.24, 2.45) is 5.92 Å². The molecule has 1 fully saturated rings. The van der Waals surface area contributed by atoms with E-state index in [2.05, 4.69) is 20.0 Å². The van der Waals surface area contributed by atoms with Crippen molar-refractivity contribution in [1.29, 1.82) is 0 Å². The number of hydrogen-bond acceptors (Lipinski definition) is 5. The summed E-state index contributed by atoms with van der Waals surface area (Å²) >= 11 is 0. The maximum absolute atomic E-state index is 12.3. The molecule has 0 spiro atoms. The van der Waals surface area contributed by atoms with E-state index in [9.17, 15) is 14.4 Å². The number of rotatable bonds is 6. The molecule has 3 rings (SSSR count). The highest BCUT2D eigenvalue weighted by Gasteiger charge is 2.36. The quantitative estimate of drug-likeness (QED) is 0.799. The van der Waals surface area contributed by atoms with Crippen LogP contribution in [0, 0.1) is 5.92 Å². The Hall–Kier alpha value is -2.90. The van der Waals surface area contributed by atoms with Crippen LogP contribution in [0.25, 0.3) is 0 Å². The minimum Gasteiger partial charge on any atom is -0.355 e. The molecule has 0 radical (unpaired) electrons. The zero-order chi connectivity index (χ0) is 17.8. The highest BCUT2D eigenvalue weighted by Crippen LogP contribution is 2.28. The first-order chi connectivity index (χ1) is 12.0. The minimum atomic E-state index is -0.617. The van der Waals surface area contributed by atoms with Crippen LogP contribution < -0.4 is 11.1 Å². The number of H-pyrrole nitrogens is 1. The summed E-state index contributed by atoms with van der Waals surface area (Å²) in [6, 6.07) is 9.69. The van der Waals surface area contributed by atoms with Crippen LogP contribution in [0.5, 0.6) is 0 Å². The predicted octanol–water partition coefficient (Wildman–Crippen LogP) is 0.631. The maximum Gasteiger partial charge on any atom is 0.438 e. The summed E-state index contributed by atoms with van der Waals surface area (Å²) in [4.78, 5) is 39.6. The number of likely N-dealkylation sites (tertiary alicyclic amines) is 1. The zero-order valence-electron chi connectivity index (χ0n) is 13.9. The lowest BCUT2D eigenvalue weighted by Gasteiger charge is -2.25. The number of benzene rings is 1. The van der Waals surface area contributed by atoms with Gasteiger partial charge < -0.3 is 10.2 Å². The Labute approximate surface area is 144 Å². The Morgan fingerprint density at radius 3 is 2.84 bits per heavy atom. The van der Waals surface area contributed by atoms with E-state index in [0.29, 0.717) is 25.3 Å². The molecule has 0 saturated carbocycles. The van der Waals surface area contributed by atoms with Crippen molar-refractivity contribution >= 4 is 11.8 Å². The molecule has 2 atom stereocenters. The monoisotopic (exact) mass is 344 g/mol. The third kappa shape index (κ3) is 3.96. The van der Waals surface area contributed by atoms with Crippen LogP contribution in [0.3, 0.4) is 0 Å². The normalized spacial score (nSPS) is 18.4. The van der Waals surface area contributed by atoms with Crippen LogP contribution in [-0.4, -0.2) is 39.9 Å². The first-order valence-corrected chi connectivity index (χ1v) is 8.21. The minimum absolute atomic E-state index is 0.0164. The van der Waals surface area contributed by atoms with Gasteiger partial charge in [0.2, 0.25) is 11.8 Å². The second kappa shape index (κ2) is 7.33. The molecule has 132 valence electrons. The van der Waals surface area contributed by atoms with E-state index >= 15 is 0 Å². The Kier molecular flexibility index (Phi) is 4.97. The van der Waals surface area contributed by atoms with E-state index in [1.807, 2.05) is 37.3 Å². The van der Waals surface area contributed by atoms with Gasteiger partial charge in [0.15, 0.2) is 5.82 Å². The molecule has 0 aliphatic carbocycles. The predicted molar refractivity (Wildman–Crippen MR) is 88.5 cm³/mol. The summed E-state index contributed by atoms with van der Waals surface area (Å²) < 4.78 is 4.39. The summed E-state index contributed by atoms with van der Waals surface area (Å²) in [6.45, 7) is 2.69. The van der Waals surface area contributed by atoms with E-state index in [1.54, 1.807) is 4.90 Å². The molecule has 0 unspecified atom stereocenters.